The van der Waals surface area contributed by atoms with E-state index in [1.54, 1.807) is 25.5 Å². The fraction of sp³-hybridized carbons (Fsp3) is 0.417. The summed E-state index contributed by atoms with van der Waals surface area (Å²) in [6.07, 6.45) is 3.53. The standard InChI is InChI=1S/C24H28N4O6S/c1-27(35(30,31)21-8-4-6-19-22(21)26-34-25-19)16-24(29)10-13-28(14-11-24)12-9-17-15-33-23-18(17)5-3-7-20(23)32-2/h3-8,15,29H,9-14,16H2,1-2H3. The minimum Gasteiger partial charge on any atom is -0.493 e. The first-order valence-corrected chi connectivity index (χ1v) is 12.9. The molecule has 1 N–H and O–H groups in total. The van der Waals surface area contributed by atoms with E-state index in [9.17, 15) is 13.5 Å². The molecule has 10 nitrogen and oxygen atoms in total. The van der Waals surface area contributed by atoms with Gasteiger partial charge in [-0.1, -0.05) is 18.2 Å². The van der Waals surface area contributed by atoms with Gasteiger partial charge < -0.3 is 19.2 Å². The Labute approximate surface area is 203 Å². The normalized spacial score (nSPS) is 16.9. The second kappa shape index (κ2) is 9.23. The number of likely N-dealkylation sites (N-methyl/N-ethyl adjacent to an activating group) is 1. The summed E-state index contributed by atoms with van der Waals surface area (Å²) in [5.41, 5.74) is 1.31. The Balaban J connectivity index is 1.20. The summed E-state index contributed by atoms with van der Waals surface area (Å²) < 4.78 is 43.4. The summed E-state index contributed by atoms with van der Waals surface area (Å²) in [4.78, 5) is 2.30. The van der Waals surface area contributed by atoms with Crippen molar-refractivity contribution in [2.45, 2.75) is 29.8 Å². The third kappa shape index (κ3) is 4.52. The number of benzene rings is 2. The van der Waals surface area contributed by atoms with E-state index in [4.69, 9.17) is 13.8 Å². The van der Waals surface area contributed by atoms with E-state index >= 15 is 0 Å². The molecule has 35 heavy (non-hydrogen) atoms. The van der Waals surface area contributed by atoms with Crippen molar-refractivity contribution in [1.29, 1.82) is 0 Å². The third-order valence-electron chi connectivity index (χ3n) is 6.80. The van der Waals surface area contributed by atoms with Crippen molar-refractivity contribution in [1.82, 2.24) is 19.5 Å². The van der Waals surface area contributed by atoms with Crippen molar-refractivity contribution in [2.24, 2.45) is 0 Å². The van der Waals surface area contributed by atoms with Crippen molar-refractivity contribution < 1.29 is 27.3 Å². The van der Waals surface area contributed by atoms with Gasteiger partial charge in [-0.25, -0.2) is 13.0 Å². The van der Waals surface area contributed by atoms with Gasteiger partial charge in [0.05, 0.1) is 19.0 Å². The van der Waals surface area contributed by atoms with Crippen LogP contribution >= 0.6 is 0 Å². The molecular formula is C24H28N4O6S. The van der Waals surface area contributed by atoms with E-state index < -0.39 is 15.6 Å². The Bertz CT molecular complexity index is 1440. The van der Waals surface area contributed by atoms with Gasteiger partial charge in [-0.3, -0.25) is 0 Å². The van der Waals surface area contributed by atoms with E-state index in [0.717, 1.165) is 29.5 Å². The lowest BCUT2D eigenvalue weighted by Crippen LogP contribution is -2.51. The molecular weight excluding hydrogens is 472 g/mol. The summed E-state index contributed by atoms with van der Waals surface area (Å²) in [6.45, 7) is 2.16. The van der Waals surface area contributed by atoms with Gasteiger partial charge in [-0.15, -0.1) is 0 Å². The van der Waals surface area contributed by atoms with Gasteiger partial charge in [-0.2, -0.15) is 4.31 Å². The van der Waals surface area contributed by atoms with E-state index in [2.05, 4.69) is 15.2 Å². The smallest absolute Gasteiger partial charge is 0.245 e. The zero-order chi connectivity index (χ0) is 24.6. The molecule has 186 valence electrons. The summed E-state index contributed by atoms with van der Waals surface area (Å²) in [5, 5.41) is 19.7. The molecule has 0 saturated carbocycles. The number of rotatable bonds is 8. The highest BCUT2D eigenvalue weighted by molar-refractivity contribution is 7.89. The number of methoxy groups -OCH3 is 1. The first-order valence-electron chi connectivity index (χ1n) is 11.5. The number of aliphatic hydroxyl groups is 1. The predicted molar refractivity (Wildman–Crippen MR) is 129 cm³/mol. The Morgan fingerprint density at radius 1 is 1.17 bits per heavy atom. The van der Waals surface area contributed by atoms with Gasteiger partial charge in [-0.05, 0) is 53.3 Å². The van der Waals surface area contributed by atoms with Crippen molar-refractivity contribution >= 4 is 32.0 Å². The van der Waals surface area contributed by atoms with Crippen molar-refractivity contribution in [3.8, 4) is 5.75 Å². The highest BCUT2D eigenvalue weighted by Crippen LogP contribution is 2.31. The highest BCUT2D eigenvalue weighted by atomic mass is 32.2. The molecule has 0 radical (unpaired) electrons. The largest absolute Gasteiger partial charge is 0.493 e. The highest BCUT2D eigenvalue weighted by Gasteiger charge is 2.37. The maximum Gasteiger partial charge on any atom is 0.245 e. The van der Waals surface area contributed by atoms with Gasteiger partial charge >= 0.3 is 0 Å². The van der Waals surface area contributed by atoms with Gasteiger partial charge in [0, 0.05) is 38.6 Å². The molecule has 2 aromatic heterocycles. The molecule has 4 aromatic rings. The SMILES string of the molecule is COc1cccc2c(CCN3CCC(O)(CN(C)S(=O)(=O)c4cccc5nonc45)CC3)coc12. The number of furan rings is 1. The number of nitrogens with zero attached hydrogens (tertiary/aromatic N) is 4. The first kappa shape index (κ1) is 23.7. The van der Waals surface area contributed by atoms with E-state index in [1.807, 2.05) is 18.2 Å². The lowest BCUT2D eigenvalue weighted by Gasteiger charge is -2.39. The Kier molecular flexibility index (Phi) is 6.26. The molecule has 0 aliphatic carbocycles. The molecule has 0 unspecified atom stereocenters. The molecule has 3 heterocycles. The maximum atomic E-state index is 13.2. The third-order valence-corrected chi connectivity index (χ3v) is 8.64. The van der Waals surface area contributed by atoms with Gasteiger partial charge in [0.25, 0.3) is 0 Å². The summed E-state index contributed by atoms with van der Waals surface area (Å²) in [6, 6.07) is 10.6. The second-order valence-corrected chi connectivity index (χ2v) is 11.1. The van der Waals surface area contributed by atoms with Crippen LogP contribution < -0.4 is 4.74 Å². The Morgan fingerprint density at radius 3 is 2.71 bits per heavy atom. The van der Waals surface area contributed by atoms with Crippen LogP contribution in [-0.2, 0) is 16.4 Å². The van der Waals surface area contributed by atoms with Gasteiger partial charge in [0.2, 0.25) is 10.0 Å². The van der Waals surface area contributed by atoms with Crippen LogP contribution in [-0.4, -0.2) is 79.0 Å². The molecule has 5 rings (SSSR count). The van der Waals surface area contributed by atoms with Crippen LogP contribution in [0.25, 0.3) is 22.0 Å². The molecule has 1 aliphatic rings. The number of hydrogen-bond donors (Lipinski definition) is 1. The molecule has 1 fully saturated rings. The average molecular weight is 501 g/mol. The minimum atomic E-state index is -3.88. The number of ether oxygens (including phenoxy) is 1. The number of likely N-dealkylation sites (tertiary alicyclic amines) is 1. The summed E-state index contributed by atoms with van der Waals surface area (Å²) in [5.74, 6) is 0.715. The number of fused-ring (bicyclic) bond motifs is 2. The fourth-order valence-corrected chi connectivity index (χ4v) is 6.11. The Morgan fingerprint density at radius 2 is 1.94 bits per heavy atom. The predicted octanol–water partition coefficient (Wildman–Crippen LogP) is 2.67. The summed E-state index contributed by atoms with van der Waals surface area (Å²) in [7, 11) is -0.774. The fourth-order valence-electron chi connectivity index (χ4n) is 4.72. The van der Waals surface area contributed by atoms with Crippen LogP contribution in [0.5, 0.6) is 5.75 Å². The topological polar surface area (TPSA) is 122 Å². The lowest BCUT2D eigenvalue weighted by atomic mass is 9.91. The Hall–Kier alpha value is -2.99. The van der Waals surface area contributed by atoms with Crippen molar-refractivity contribution in [3.05, 3.63) is 48.2 Å². The van der Waals surface area contributed by atoms with Crippen LogP contribution in [0.3, 0.4) is 0 Å². The van der Waals surface area contributed by atoms with Crippen LogP contribution in [0.15, 0.2) is 56.6 Å². The second-order valence-electron chi connectivity index (χ2n) is 9.06. The van der Waals surface area contributed by atoms with Gasteiger partial charge in [0.15, 0.2) is 16.8 Å². The monoisotopic (exact) mass is 500 g/mol. The van der Waals surface area contributed by atoms with E-state index in [-0.39, 0.29) is 17.0 Å². The molecule has 0 atom stereocenters. The molecule has 0 amide bonds. The quantitative estimate of drug-likeness (QED) is 0.389. The van der Waals surface area contributed by atoms with E-state index in [0.29, 0.717) is 37.2 Å². The minimum absolute atomic E-state index is 0.00297. The maximum absolute atomic E-state index is 13.2. The average Bonchev–Trinajstić information content (AvgIpc) is 3.50. The number of sulfonamides is 1. The number of hydrogen-bond acceptors (Lipinski definition) is 9. The van der Waals surface area contributed by atoms with Gasteiger partial charge in [0.1, 0.15) is 10.4 Å². The van der Waals surface area contributed by atoms with Crippen LogP contribution in [0.2, 0.25) is 0 Å². The summed E-state index contributed by atoms with van der Waals surface area (Å²) >= 11 is 0. The number of piperidine rings is 1. The van der Waals surface area contributed by atoms with Crippen LogP contribution in [0.1, 0.15) is 18.4 Å². The lowest BCUT2D eigenvalue weighted by molar-refractivity contribution is -0.0296. The zero-order valence-electron chi connectivity index (χ0n) is 19.7. The molecule has 0 bridgehead atoms. The molecule has 0 spiro atoms. The molecule has 1 aliphatic heterocycles. The molecule has 1 saturated heterocycles. The zero-order valence-corrected chi connectivity index (χ0v) is 20.5. The van der Waals surface area contributed by atoms with Crippen LogP contribution in [0.4, 0.5) is 0 Å². The number of aromatic nitrogens is 2. The van der Waals surface area contributed by atoms with E-state index in [1.165, 1.54) is 17.4 Å². The van der Waals surface area contributed by atoms with Crippen molar-refractivity contribution in [3.63, 3.8) is 0 Å². The number of para-hydroxylation sites is 1. The first-order chi connectivity index (χ1) is 16.8. The molecule has 2 aromatic carbocycles. The van der Waals surface area contributed by atoms with Crippen molar-refractivity contribution in [2.75, 3.05) is 40.3 Å². The van der Waals surface area contributed by atoms with Crippen LogP contribution in [0, 0.1) is 0 Å². The molecule has 11 heteroatoms.